The molecule has 1 aromatic heterocycles. The average molecular weight is 372 g/mol. The van der Waals surface area contributed by atoms with E-state index in [2.05, 4.69) is 20.6 Å². The van der Waals surface area contributed by atoms with Gasteiger partial charge in [0.25, 0.3) is 0 Å². The maximum absolute atomic E-state index is 13.8. The van der Waals surface area contributed by atoms with Gasteiger partial charge in [0.1, 0.15) is 17.4 Å². The van der Waals surface area contributed by atoms with Crippen molar-refractivity contribution in [3.63, 3.8) is 0 Å². The van der Waals surface area contributed by atoms with Crippen molar-refractivity contribution in [3.8, 4) is 11.5 Å². The fourth-order valence-electron chi connectivity index (χ4n) is 2.58. The van der Waals surface area contributed by atoms with Gasteiger partial charge in [0.15, 0.2) is 5.75 Å². The molecule has 0 atom stereocenters. The molecule has 0 spiro atoms. The summed E-state index contributed by atoms with van der Waals surface area (Å²) in [4.78, 5) is 8.54. The van der Waals surface area contributed by atoms with Crippen molar-refractivity contribution in [3.05, 3.63) is 96.9 Å². The van der Waals surface area contributed by atoms with Crippen LogP contribution in [0.15, 0.2) is 91.1 Å². The quantitative estimate of drug-likeness (QED) is 0.442. The van der Waals surface area contributed by atoms with Crippen molar-refractivity contribution < 1.29 is 9.13 Å². The molecule has 28 heavy (non-hydrogen) atoms. The minimum Gasteiger partial charge on any atom is -0.455 e. The highest BCUT2D eigenvalue weighted by Gasteiger charge is 2.08. The van der Waals surface area contributed by atoms with E-state index in [0.717, 1.165) is 11.4 Å². The van der Waals surface area contributed by atoms with E-state index in [4.69, 9.17) is 4.74 Å². The Kier molecular flexibility index (Phi) is 5.11. The Hall–Kier alpha value is -3.93. The molecule has 0 fully saturated rings. The summed E-state index contributed by atoms with van der Waals surface area (Å²) in [7, 11) is 0. The van der Waals surface area contributed by atoms with E-state index < -0.39 is 0 Å². The van der Waals surface area contributed by atoms with Crippen LogP contribution in [0.4, 0.5) is 27.5 Å². The van der Waals surface area contributed by atoms with Crippen LogP contribution in [-0.2, 0) is 0 Å². The van der Waals surface area contributed by atoms with Gasteiger partial charge in [0, 0.05) is 6.20 Å². The normalized spacial score (nSPS) is 10.3. The lowest BCUT2D eigenvalue weighted by molar-refractivity contribution is 0.485. The maximum Gasteiger partial charge on any atom is 0.229 e. The molecule has 0 saturated heterocycles. The lowest BCUT2D eigenvalue weighted by Crippen LogP contribution is -2.02. The van der Waals surface area contributed by atoms with Gasteiger partial charge < -0.3 is 15.4 Å². The third-order valence-electron chi connectivity index (χ3n) is 3.90. The minimum atomic E-state index is -0.369. The smallest absolute Gasteiger partial charge is 0.229 e. The van der Waals surface area contributed by atoms with Gasteiger partial charge in [-0.05, 0) is 42.5 Å². The Bertz CT molecular complexity index is 1070. The highest BCUT2D eigenvalue weighted by Crippen LogP contribution is 2.31. The highest BCUT2D eigenvalue weighted by atomic mass is 19.1. The summed E-state index contributed by atoms with van der Waals surface area (Å²) in [5.41, 5.74) is 1.06. The fraction of sp³-hybridized carbons (Fsp3) is 0. The molecule has 0 saturated carbocycles. The molecule has 0 amide bonds. The van der Waals surface area contributed by atoms with Crippen molar-refractivity contribution in [2.24, 2.45) is 0 Å². The average Bonchev–Trinajstić information content (AvgIpc) is 2.72. The second-order valence-corrected chi connectivity index (χ2v) is 5.91. The van der Waals surface area contributed by atoms with Crippen LogP contribution in [0, 0.1) is 5.82 Å². The summed E-state index contributed by atoms with van der Waals surface area (Å²) >= 11 is 0. The molecule has 1 heterocycles. The molecule has 5 nitrogen and oxygen atoms in total. The van der Waals surface area contributed by atoms with Gasteiger partial charge in [-0.25, -0.2) is 9.37 Å². The van der Waals surface area contributed by atoms with Crippen LogP contribution in [0.3, 0.4) is 0 Å². The summed E-state index contributed by atoms with van der Waals surface area (Å²) in [6.45, 7) is 0. The lowest BCUT2D eigenvalue weighted by atomic mass is 10.3. The number of para-hydroxylation sites is 4. The number of rotatable bonds is 6. The van der Waals surface area contributed by atoms with E-state index >= 15 is 0 Å². The number of aromatic nitrogens is 2. The summed E-state index contributed by atoms with van der Waals surface area (Å²) in [6.07, 6.45) is 1.60. The second kappa shape index (κ2) is 8.18. The Morgan fingerprint density at radius 3 is 2.25 bits per heavy atom. The van der Waals surface area contributed by atoms with E-state index in [1.165, 1.54) is 6.07 Å². The molecular formula is C22H17FN4O. The number of anilines is 4. The number of nitrogens with one attached hydrogen (secondary N) is 2. The van der Waals surface area contributed by atoms with Crippen molar-refractivity contribution >= 4 is 23.1 Å². The number of hydrogen-bond acceptors (Lipinski definition) is 5. The van der Waals surface area contributed by atoms with Gasteiger partial charge in [-0.15, -0.1) is 0 Å². The van der Waals surface area contributed by atoms with E-state index in [9.17, 15) is 4.39 Å². The molecule has 138 valence electrons. The van der Waals surface area contributed by atoms with Gasteiger partial charge in [0.2, 0.25) is 5.95 Å². The number of ether oxygens (including phenoxy) is 1. The Balaban J connectivity index is 1.54. The largest absolute Gasteiger partial charge is 0.455 e. The first-order valence-corrected chi connectivity index (χ1v) is 8.71. The number of hydrogen-bond donors (Lipinski definition) is 2. The first-order valence-electron chi connectivity index (χ1n) is 8.71. The van der Waals surface area contributed by atoms with Crippen molar-refractivity contribution in [2.75, 3.05) is 10.6 Å². The number of nitrogens with zero attached hydrogens (tertiary/aromatic N) is 2. The monoisotopic (exact) mass is 372 g/mol. The molecule has 2 N–H and O–H groups in total. The predicted octanol–water partition coefficient (Wildman–Crippen LogP) is 5.90. The molecule has 0 aliphatic rings. The molecule has 0 bridgehead atoms. The molecule has 0 unspecified atom stereocenters. The van der Waals surface area contributed by atoms with Crippen molar-refractivity contribution in [1.82, 2.24) is 9.97 Å². The maximum atomic E-state index is 13.8. The van der Waals surface area contributed by atoms with Crippen LogP contribution < -0.4 is 15.4 Å². The highest BCUT2D eigenvalue weighted by molar-refractivity contribution is 5.65. The predicted molar refractivity (Wildman–Crippen MR) is 108 cm³/mol. The van der Waals surface area contributed by atoms with Gasteiger partial charge >= 0.3 is 0 Å². The molecule has 0 aliphatic carbocycles. The summed E-state index contributed by atoms with van der Waals surface area (Å²) in [6, 6.07) is 25.2. The summed E-state index contributed by atoms with van der Waals surface area (Å²) < 4.78 is 19.8. The fourth-order valence-corrected chi connectivity index (χ4v) is 2.58. The molecule has 6 heteroatoms. The summed E-state index contributed by atoms with van der Waals surface area (Å²) in [5.74, 6) is 1.87. The van der Waals surface area contributed by atoms with Gasteiger partial charge in [-0.2, -0.15) is 4.98 Å². The second-order valence-electron chi connectivity index (χ2n) is 5.91. The Morgan fingerprint density at radius 1 is 0.714 bits per heavy atom. The zero-order chi connectivity index (χ0) is 19.2. The first-order chi connectivity index (χ1) is 13.8. The van der Waals surface area contributed by atoms with Crippen LogP contribution >= 0.6 is 0 Å². The molecule has 4 aromatic rings. The Morgan fingerprint density at radius 2 is 1.43 bits per heavy atom. The third-order valence-corrected chi connectivity index (χ3v) is 3.90. The van der Waals surface area contributed by atoms with Crippen molar-refractivity contribution in [2.45, 2.75) is 0 Å². The third kappa shape index (κ3) is 4.24. The van der Waals surface area contributed by atoms with E-state index in [1.54, 1.807) is 30.5 Å². The topological polar surface area (TPSA) is 59.1 Å². The molecule has 0 radical (unpaired) electrons. The molecule has 0 aliphatic heterocycles. The molecular weight excluding hydrogens is 355 g/mol. The van der Waals surface area contributed by atoms with E-state index in [0.29, 0.717) is 17.3 Å². The first kappa shape index (κ1) is 17.5. The number of benzene rings is 3. The van der Waals surface area contributed by atoms with Crippen LogP contribution in [0.1, 0.15) is 0 Å². The van der Waals surface area contributed by atoms with Crippen molar-refractivity contribution in [1.29, 1.82) is 0 Å². The van der Waals surface area contributed by atoms with Crippen LogP contribution in [0.5, 0.6) is 11.5 Å². The zero-order valence-electron chi connectivity index (χ0n) is 14.8. The lowest BCUT2D eigenvalue weighted by Gasteiger charge is -2.13. The van der Waals surface area contributed by atoms with Gasteiger partial charge in [-0.1, -0.05) is 42.5 Å². The number of halogens is 1. The van der Waals surface area contributed by atoms with E-state index in [-0.39, 0.29) is 11.8 Å². The minimum absolute atomic E-state index is 0.288. The van der Waals surface area contributed by atoms with Crippen LogP contribution in [0.2, 0.25) is 0 Å². The summed E-state index contributed by atoms with van der Waals surface area (Å²) in [5, 5.41) is 6.11. The van der Waals surface area contributed by atoms with Gasteiger partial charge in [-0.3, -0.25) is 0 Å². The molecule has 4 rings (SSSR count). The SMILES string of the molecule is Fc1ccccc1Nc1nccc(Nc2ccccc2Oc2ccccc2)n1. The van der Waals surface area contributed by atoms with E-state index in [1.807, 2.05) is 54.6 Å². The standard InChI is InChI=1S/C22H17FN4O/c23-17-10-4-5-11-18(17)26-22-24-15-14-21(27-22)25-19-12-6-7-13-20(19)28-16-8-2-1-3-9-16/h1-15H,(H2,24,25,26,27). The molecule has 3 aromatic carbocycles. The van der Waals surface area contributed by atoms with Gasteiger partial charge in [0.05, 0.1) is 11.4 Å². The zero-order valence-corrected chi connectivity index (χ0v) is 14.8. The van der Waals surface area contributed by atoms with Crippen LogP contribution in [0.25, 0.3) is 0 Å². The Labute approximate surface area is 161 Å². The van der Waals surface area contributed by atoms with Crippen LogP contribution in [-0.4, -0.2) is 9.97 Å².